The molecule has 3 amide bonds. The number of ether oxygens (including phenoxy) is 5. The van der Waals surface area contributed by atoms with E-state index in [1.165, 1.54) is 19.3 Å². The van der Waals surface area contributed by atoms with Crippen molar-refractivity contribution in [3.05, 3.63) is 273 Å². The van der Waals surface area contributed by atoms with E-state index in [2.05, 4.69) is 92.1 Å². The summed E-state index contributed by atoms with van der Waals surface area (Å²) in [4.78, 5) is 36.7. The summed E-state index contributed by atoms with van der Waals surface area (Å²) in [5.74, 6) is 2.45. The number of methoxy groups -OCH3 is 5. The number of para-hydroxylation sites is 4. The van der Waals surface area contributed by atoms with Crippen LogP contribution in [0.15, 0.2) is 190 Å². The molecule has 10 aromatic rings. The Balaban J connectivity index is 0.000000181. The van der Waals surface area contributed by atoms with Crippen LogP contribution in [0.4, 0.5) is 22.7 Å². The number of nitrogens with one attached hydrogen (secondary N) is 3. The van der Waals surface area contributed by atoms with Gasteiger partial charge in [-0.25, -0.2) is 5.48 Å². The van der Waals surface area contributed by atoms with Gasteiger partial charge in [0.2, 0.25) is 5.91 Å². The Hall–Kier alpha value is -11.6. The zero-order valence-electron chi connectivity index (χ0n) is 55.3. The smallest absolute Gasteiger partial charge is 0.267 e. The molecule has 0 fully saturated rings. The number of nitrogens with two attached hydrogens (primary N) is 2. The van der Waals surface area contributed by atoms with Gasteiger partial charge in [-0.15, -0.1) is 0 Å². The van der Waals surface area contributed by atoms with E-state index in [9.17, 15) is 14.4 Å². The Morgan fingerprint density at radius 3 is 1.34 bits per heavy atom. The third-order valence-corrected chi connectivity index (χ3v) is 16.7. The van der Waals surface area contributed by atoms with E-state index in [1.807, 2.05) is 113 Å². The van der Waals surface area contributed by atoms with E-state index in [-0.39, 0.29) is 11.8 Å². The van der Waals surface area contributed by atoms with Gasteiger partial charge in [0.05, 0.1) is 63.9 Å². The largest absolute Gasteiger partial charge is 0.496 e. The minimum Gasteiger partial charge on any atom is -0.496 e. The molecule has 8 N–H and O–H groups in total. The number of anilines is 4. The summed E-state index contributed by atoms with van der Waals surface area (Å²) in [6.45, 7) is 25.2. The fourth-order valence-corrected chi connectivity index (χ4v) is 10.8. The minimum atomic E-state index is -0.564. The summed E-state index contributed by atoms with van der Waals surface area (Å²) < 4.78 is 29.6. The highest BCUT2D eigenvalue weighted by atomic mass is 16.5. The zero-order valence-corrected chi connectivity index (χ0v) is 55.3. The molecule has 0 saturated carbocycles. The van der Waals surface area contributed by atoms with Crippen molar-refractivity contribution in [2.75, 3.05) is 57.6 Å². The van der Waals surface area contributed by atoms with Gasteiger partial charge >= 0.3 is 0 Å². The van der Waals surface area contributed by atoms with Gasteiger partial charge in [-0.3, -0.25) is 19.6 Å². The SMILES string of the molecule is C=C(c1cc(C)c(C)c(OC)c1)c1ccc(OC)c(C(=O)Nc2ccccc2N)c1.C=C(c1cc(C)c(C)c(OC)c1)c1ccc2c(c1)c1cc(/C=C/C(=O)NO)ccc1n2C.C=C(c1ccc(OC)c(/C=C/C(=O)Nc2ccccc2N)c1)c1cc(C)c(C)c(OC)c1. The second-order valence-corrected chi connectivity index (χ2v) is 22.5. The van der Waals surface area contributed by atoms with Gasteiger partial charge in [0.1, 0.15) is 28.7 Å². The van der Waals surface area contributed by atoms with E-state index in [0.717, 1.165) is 134 Å². The Labute approximate surface area is 549 Å². The third-order valence-electron chi connectivity index (χ3n) is 16.7. The number of hydroxylamine groups is 1. The summed E-state index contributed by atoms with van der Waals surface area (Å²) in [6, 6.07) is 50.1. The lowest BCUT2D eigenvalue weighted by atomic mass is 9.94. The highest BCUT2D eigenvalue weighted by Crippen LogP contribution is 2.37. The molecule has 0 unspecified atom stereocenters. The van der Waals surface area contributed by atoms with Crippen molar-refractivity contribution >= 4 is 91.1 Å². The van der Waals surface area contributed by atoms with Crippen molar-refractivity contribution in [1.29, 1.82) is 0 Å². The zero-order chi connectivity index (χ0) is 68.1. The number of aryl methyl sites for hydroxylation is 4. The number of hydrogen-bond donors (Lipinski definition) is 6. The number of carbonyl (C=O) groups is 3. The maximum Gasteiger partial charge on any atom is 0.267 e. The van der Waals surface area contributed by atoms with Gasteiger partial charge < -0.3 is 50.4 Å². The fourth-order valence-electron chi connectivity index (χ4n) is 10.8. The molecule has 9 aromatic carbocycles. The number of rotatable bonds is 18. The molecule has 15 heteroatoms. The molecule has 0 bridgehead atoms. The number of fused-ring (bicyclic) bond motifs is 3. The number of amides is 3. The van der Waals surface area contributed by atoms with Crippen LogP contribution in [-0.2, 0) is 16.6 Å². The molecule has 0 atom stereocenters. The van der Waals surface area contributed by atoms with Crippen LogP contribution in [0.1, 0.15) is 88.2 Å². The predicted octanol–water partition coefficient (Wildman–Crippen LogP) is 16.4. The van der Waals surface area contributed by atoms with Gasteiger partial charge in [0.15, 0.2) is 0 Å². The molecule has 0 spiro atoms. The van der Waals surface area contributed by atoms with Crippen molar-refractivity contribution in [3.63, 3.8) is 0 Å². The average Bonchev–Trinajstić information content (AvgIpc) is 1.59. The van der Waals surface area contributed by atoms with E-state index >= 15 is 0 Å². The first-order chi connectivity index (χ1) is 45.0. The maximum absolute atomic E-state index is 13.0. The van der Waals surface area contributed by atoms with Crippen molar-refractivity contribution in [2.24, 2.45) is 7.05 Å². The van der Waals surface area contributed by atoms with Gasteiger partial charge in [-0.2, -0.15) is 0 Å². The molecule has 94 heavy (non-hydrogen) atoms. The predicted molar refractivity (Wildman–Crippen MR) is 385 cm³/mol. The highest BCUT2D eigenvalue weighted by Gasteiger charge is 2.19. The first-order valence-electron chi connectivity index (χ1n) is 30.1. The molecule has 1 heterocycles. The lowest BCUT2D eigenvalue weighted by molar-refractivity contribution is -0.124. The number of carbonyl (C=O) groups excluding carboxylic acids is 3. The van der Waals surface area contributed by atoms with Crippen molar-refractivity contribution in [2.45, 2.75) is 41.5 Å². The van der Waals surface area contributed by atoms with Gasteiger partial charge in [-0.05, 0) is 234 Å². The molecule has 0 aliphatic rings. The Morgan fingerprint density at radius 1 is 0.447 bits per heavy atom. The number of benzene rings is 9. The molecular formula is C79H80N6O9. The standard InChI is InChI=1S/C27H26N2O3.C27H28N2O3.C25H26N2O3/c1-16-12-21(15-26(32-5)17(16)2)18(3)20-8-10-25-23(14-20)22-13-19(7-11-27(30)28-31)6-9-24(22)29(25)4;1-17-14-22(16-26(32-5)18(17)2)19(3)20-10-12-25(31-4)21(15-20)11-13-27(30)29-24-9-7-6-8-23(24)28;1-15-12-19(14-24(30-5)16(15)2)17(3)18-10-11-23(29-4)20(13-18)25(28)27-22-9-7-6-8-21(22)26/h6-15,31H,3H2,1-2,4-5H3,(H,28,30);6-16H,3,28H2,1-2,4-5H3,(H,29,30);6-14H,3,26H2,1-2,4-5H3,(H,27,28)/b11-7+;13-11+;. The molecular weight excluding hydrogens is 1180 g/mol. The molecule has 0 aliphatic carbocycles. The van der Waals surface area contributed by atoms with Gasteiger partial charge in [0, 0.05) is 46.6 Å². The van der Waals surface area contributed by atoms with Crippen LogP contribution in [0.2, 0.25) is 0 Å². The lowest BCUT2D eigenvalue weighted by Gasteiger charge is -2.15. The molecule has 1 aromatic heterocycles. The average molecular weight is 1260 g/mol. The normalized spacial score (nSPS) is 10.9. The Morgan fingerprint density at radius 2 is 0.862 bits per heavy atom. The van der Waals surface area contributed by atoms with Crippen LogP contribution < -0.4 is 51.3 Å². The van der Waals surface area contributed by atoms with Crippen molar-refractivity contribution in [1.82, 2.24) is 10.0 Å². The van der Waals surface area contributed by atoms with Crippen LogP contribution in [0.5, 0.6) is 28.7 Å². The fraction of sp³-hybridized carbons (Fsp3) is 0.152. The van der Waals surface area contributed by atoms with Crippen LogP contribution in [0.25, 0.3) is 50.7 Å². The first kappa shape index (κ1) is 68.4. The van der Waals surface area contributed by atoms with Gasteiger partial charge in [-0.1, -0.05) is 86.5 Å². The summed E-state index contributed by atoms with van der Waals surface area (Å²) in [5.41, 5.74) is 34.8. The second kappa shape index (κ2) is 30.5. The van der Waals surface area contributed by atoms with Crippen LogP contribution in [0, 0.1) is 41.5 Å². The molecule has 480 valence electrons. The van der Waals surface area contributed by atoms with Crippen molar-refractivity contribution < 1.29 is 43.3 Å². The number of aromatic nitrogens is 1. The van der Waals surface area contributed by atoms with Crippen molar-refractivity contribution in [3.8, 4) is 28.7 Å². The minimum absolute atomic E-state index is 0.284. The lowest BCUT2D eigenvalue weighted by Crippen LogP contribution is -2.14. The quantitative estimate of drug-likeness (QED) is 0.0206. The first-order valence-corrected chi connectivity index (χ1v) is 30.1. The second-order valence-electron chi connectivity index (χ2n) is 22.5. The highest BCUT2D eigenvalue weighted by molar-refractivity contribution is 6.11. The number of nitrogen functional groups attached to an aromatic ring is 2. The maximum atomic E-state index is 13.0. The van der Waals surface area contributed by atoms with Crippen LogP contribution in [-0.4, -0.2) is 63.0 Å². The van der Waals surface area contributed by atoms with E-state index in [1.54, 1.807) is 82.5 Å². The number of nitrogens with zero attached hydrogens (tertiary/aromatic N) is 1. The molecule has 0 radical (unpaired) electrons. The topological polar surface area (TPSA) is 211 Å². The molecule has 0 aliphatic heterocycles. The van der Waals surface area contributed by atoms with E-state index in [4.69, 9.17) is 40.4 Å². The van der Waals surface area contributed by atoms with E-state index < -0.39 is 5.91 Å². The Bertz CT molecular complexity index is 4650. The van der Waals surface area contributed by atoms with Gasteiger partial charge in [0.25, 0.3) is 11.8 Å². The summed E-state index contributed by atoms with van der Waals surface area (Å²) in [7, 11) is 10.2. The van der Waals surface area contributed by atoms with E-state index in [0.29, 0.717) is 39.8 Å². The molecule has 10 rings (SSSR count). The summed E-state index contributed by atoms with van der Waals surface area (Å²) in [5, 5.41) is 16.5. The molecule has 15 nitrogen and oxygen atoms in total. The van der Waals surface area contributed by atoms with Crippen LogP contribution >= 0.6 is 0 Å². The monoisotopic (exact) mass is 1260 g/mol. The molecule has 0 saturated heterocycles. The third kappa shape index (κ3) is 15.6. The van der Waals surface area contributed by atoms with Crippen LogP contribution in [0.3, 0.4) is 0 Å². The summed E-state index contributed by atoms with van der Waals surface area (Å²) >= 11 is 0. The summed E-state index contributed by atoms with van der Waals surface area (Å²) in [6.07, 6.45) is 6.14. The number of hydrogen-bond acceptors (Lipinski definition) is 11. The Kier molecular flexibility index (Phi) is 22.2.